The number of aromatic nitrogens is 3. The van der Waals surface area contributed by atoms with Gasteiger partial charge in [0.1, 0.15) is 5.82 Å². The van der Waals surface area contributed by atoms with Crippen LogP contribution in [0.2, 0.25) is 0 Å². The predicted octanol–water partition coefficient (Wildman–Crippen LogP) is 2.36. The van der Waals surface area contributed by atoms with Crippen LogP contribution in [0.5, 0.6) is 0 Å². The Morgan fingerprint density at radius 3 is 2.75 bits per heavy atom. The summed E-state index contributed by atoms with van der Waals surface area (Å²) < 4.78 is 2.26. The number of amides is 1. The maximum atomic E-state index is 12.9. The van der Waals surface area contributed by atoms with Crippen molar-refractivity contribution in [3.05, 3.63) is 11.6 Å². The van der Waals surface area contributed by atoms with Gasteiger partial charge < -0.3 is 14.6 Å². The van der Waals surface area contributed by atoms with Gasteiger partial charge in [0, 0.05) is 19.5 Å². The van der Waals surface area contributed by atoms with Crippen LogP contribution >= 0.6 is 0 Å². The van der Waals surface area contributed by atoms with Gasteiger partial charge in [-0.3, -0.25) is 4.79 Å². The molecule has 1 aliphatic carbocycles. The maximum absolute atomic E-state index is 12.9. The van der Waals surface area contributed by atoms with Gasteiger partial charge in [-0.15, -0.1) is 10.2 Å². The number of rotatable bonds is 3. The topological polar surface area (TPSA) is 71.2 Å². The first-order chi connectivity index (χ1) is 11.7. The Balaban J connectivity index is 1.53. The molecule has 1 aromatic rings. The monoisotopic (exact) mass is 332 g/mol. The minimum absolute atomic E-state index is 0.0434. The van der Waals surface area contributed by atoms with Gasteiger partial charge in [-0.05, 0) is 38.5 Å². The Morgan fingerprint density at radius 1 is 1.08 bits per heavy atom. The summed E-state index contributed by atoms with van der Waals surface area (Å²) in [4.78, 5) is 14.8. The van der Waals surface area contributed by atoms with Gasteiger partial charge >= 0.3 is 0 Å². The third-order valence-corrected chi connectivity index (χ3v) is 6.02. The van der Waals surface area contributed by atoms with Crippen LogP contribution in [0.15, 0.2) is 0 Å². The molecule has 4 rings (SSSR count). The average Bonchev–Trinajstić information content (AvgIpc) is 3.24. The van der Waals surface area contributed by atoms with E-state index in [2.05, 4.69) is 14.8 Å². The fraction of sp³-hybridized carbons (Fsp3) is 0.833. The lowest BCUT2D eigenvalue weighted by atomic mass is 9.97. The molecule has 3 aliphatic rings. The van der Waals surface area contributed by atoms with Crippen molar-refractivity contribution in [3.63, 3.8) is 0 Å². The summed E-state index contributed by atoms with van der Waals surface area (Å²) in [6.45, 7) is 1.75. The molecule has 1 saturated carbocycles. The molecule has 1 saturated heterocycles. The quantitative estimate of drug-likeness (QED) is 0.922. The minimum atomic E-state index is -0.772. The number of aryl methyl sites for hydroxylation is 1. The Morgan fingerprint density at radius 2 is 1.92 bits per heavy atom. The molecule has 2 aliphatic heterocycles. The van der Waals surface area contributed by atoms with E-state index in [0.717, 1.165) is 69.7 Å². The second kappa shape index (κ2) is 6.47. The summed E-state index contributed by atoms with van der Waals surface area (Å²) in [5.74, 6) is 2.14. The first-order valence-corrected chi connectivity index (χ1v) is 9.60. The van der Waals surface area contributed by atoms with Gasteiger partial charge in [0.25, 0.3) is 0 Å². The number of nitrogens with zero attached hydrogens (tertiary/aromatic N) is 4. The molecule has 1 aromatic heterocycles. The SMILES string of the molecule is O=C(CC1(O)CCCC1)N1CCCC1c1nnc2n1CCCCC2. The Kier molecular flexibility index (Phi) is 4.33. The third-order valence-electron chi connectivity index (χ3n) is 6.02. The number of likely N-dealkylation sites (tertiary alicyclic amines) is 1. The maximum Gasteiger partial charge on any atom is 0.226 e. The highest BCUT2D eigenvalue weighted by Gasteiger charge is 2.39. The van der Waals surface area contributed by atoms with E-state index in [9.17, 15) is 9.90 Å². The molecule has 0 aromatic carbocycles. The first-order valence-electron chi connectivity index (χ1n) is 9.60. The van der Waals surface area contributed by atoms with Gasteiger partial charge in [-0.1, -0.05) is 19.3 Å². The van der Waals surface area contributed by atoms with Crippen LogP contribution < -0.4 is 0 Å². The van der Waals surface area contributed by atoms with E-state index in [0.29, 0.717) is 0 Å². The number of carbonyl (C=O) groups excluding carboxylic acids is 1. The summed E-state index contributed by atoms with van der Waals surface area (Å²) in [5.41, 5.74) is -0.772. The fourth-order valence-electron chi connectivity index (χ4n) is 4.68. The number of aliphatic hydroxyl groups is 1. The summed E-state index contributed by atoms with van der Waals surface area (Å²) in [6.07, 6.45) is 10.4. The van der Waals surface area contributed by atoms with Crippen molar-refractivity contribution in [3.8, 4) is 0 Å². The molecular formula is C18H28N4O2. The normalized spacial score (nSPS) is 26.4. The van der Waals surface area contributed by atoms with Crippen molar-refractivity contribution >= 4 is 5.91 Å². The highest BCUT2D eigenvalue weighted by Crippen LogP contribution is 2.37. The smallest absolute Gasteiger partial charge is 0.226 e. The van der Waals surface area contributed by atoms with Crippen LogP contribution in [0, 0.1) is 0 Å². The van der Waals surface area contributed by atoms with E-state index in [1.807, 2.05) is 4.90 Å². The lowest BCUT2D eigenvalue weighted by Crippen LogP contribution is -2.38. The van der Waals surface area contributed by atoms with E-state index < -0.39 is 5.60 Å². The lowest BCUT2D eigenvalue weighted by molar-refractivity contribution is -0.137. The number of hydrogen-bond donors (Lipinski definition) is 1. The fourth-order valence-corrected chi connectivity index (χ4v) is 4.68. The highest BCUT2D eigenvalue weighted by atomic mass is 16.3. The van der Waals surface area contributed by atoms with Gasteiger partial charge in [0.15, 0.2) is 5.82 Å². The van der Waals surface area contributed by atoms with Crippen LogP contribution in [-0.4, -0.2) is 42.8 Å². The van der Waals surface area contributed by atoms with Gasteiger partial charge in [-0.25, -0.2) is 0 Å². The second-order valence-electron chi connectivity index (χ2n) is 7.79. The summed E-state index contributed by atoms with van der Waals surface area (Å²) in [7, 11) is 0. The molecule has 0 radical (unpaired) electrons. The largest absolute Gasteiger partial charge is 0.389 e. The first kappa shape index (κ1) is 16.1. The number of carbonyl (C=O) groups is 1. The molecule has 24 heavy (non-hydrogen) atoms. The molecule has 1 N–H and O–H groups in total. The zero-order chi connectivity index (χ0) is 16.6. The molecule has 1 unspecified atom stereocenters. The van der Waals surface area contributed by atoms with Crippen molar-refractivity contribution < 1.29 is 9.90 Å². The Labute approximate surface area is 143 Å². The Hall–Kier alpha value is -1.43. The van der Waals surface area contributed by atoms with E-state index in [1.54, 1.807) is 0 Å². The standard InChI is InChI=1S/C18H28N4O2/c23-16(13-18(24)9-3-4-10-18)21-12-6-7-14(21)17-20-19-15-8-2-1-5-11-22(15)17/h14,24H,1-13H2. The summed E-state index contributed by atoms with van der Waals surface area (Å²) >= 11 is 0. The molecule has 2 fully saturated rings. The minimum Gasteiger partial charge on any atom is -0.389 e. The number of hydrogen-bond acceptors (Lipinski definition) is 4. The van der Waals surface area contributed by atoms with Gasteiger partial charge in [0.2, 0.25) is 5.91 Å². The zero-order valence-corrected chi connectivity index (χ0v) is 14.4. The van der Waals surface area contributed by atoms with Crippen molar-refractivity contribution in [2.45, 2.75) is 88.8 Å². The van der Waals surface area contributed by atoms with Crippen LogP contribution in [0.3, 0.4) is 0 Å². The van der Waals surface area contributed by atoms with Crippen LogP contribution in [0.4, 0.5) is 0 Å². The second-order valence-corrected chi connectivity index (χ2v) is 7.79. The molecule has 1 amide bonds. The van der Waals surface area contributed by atoms with Crippen LogP contribution in [0.25, 0.3) is 0 Å². The number of fused-ring (bicyclic) bond motifs is 1. The summed E-state index contributed by atoms with van der Waals surface area (Å²) in [6, 6.07) is 0.0434. The summed E-state index contributed by atoms with van der Waals surface area (Å²) in [5, 5.41) is 19.4. The molecule has 6 heteroatoms. The third kappa shape index (κ3) is 2.96. The van der Waals surface area contributed by atoms with Crippen molar-refractivity contribution in [1.29, 1.82) is 0 Å². The van der Waals surface area contributed by atoms with E-state index in [-0.39, 0.29) is 18.4 Å². The lowest BCUT2D eigenvalue weighted by Gasteiger charge is -2.29. The molecule has 6 nitrogen and oxygen atoms in total. The highest BCUT2D eigenvalue weighted by molar-refractivity contribution is 5.78. The van der Waals surface area contributed by atoms with Crippen molar-refractivity contribution in [1.82, 2.24) is 19.7 Å². The predicted molar refractivity (Wildman–Crippen MR) is 89.3 cm³/mol. The van der Waals surface area contributed by atoms with E-state index >= 15 is 0 Å². The molecule has 1 atom stereocenters. The Bertz CT molecular complexity index is 606. The van der Waals surface area contributed by atoms with E-state index in [1.165, 1.54) is 19.3 Å². The van der Waals surface area contributed by atoms with Crippen LogP contribution in [-0.2, 0) is 17.8 Å². The van der Waals surface area contributed by atoms with Crippen molar-refractivity contribution in [2.75, 3.05) is 6.54 Å². The van der Waals surface area contributed by atoms with E-state index in [4.69, 9.17) is 0 Å². The van der Waals surface area contributed by atoms with Crippen molar-refractivity contribution in [2.24, 2.45) is 0 Å². The van der Waals surface area contributed by atoms with Gasteiger partial charge in [-0.2, -0.15) is 0 Å². The molecule has 0 spiro atoms. The molecular weight excluding hydrogens is 304 g/mol. The van der Waals surface area contributed by atoms with Crippen LogP contribution in [0.1, 0.15) is 81.9 Å². The zero-order valence-electron chi connectivity index (χ0n) is 14.4. The molecule has 0 bridgehead atoms. The molecule has 132 valence electrons. The molecule has 3 heterocycles. The van der Waals surface area contributed by atoms with Gasteiger partial charge in [0.05, 0.1) is 18.1 Å². The average molecular weight is 332 g/mol.